The number of hydrogen-bond acceptors (Lipinski definition) is 7. The molecule has 0 aliphatic heterocycles. The van der Waals surface area contributed by atoms with Gasteiger partial charge in [0, 0.05) is 22.2 Å². The summed E-state index contributed by atoms with van der Waals surface area (Å²) in [4.78, 5) is 30.3. The molecule has 4 aromatic rings. The van der Waals surface area contributed by atoms with Gasteiger partial charge in [-0.25, -0.2) is 14.5 Å². The Morgan fingerprint density at radius 2 is 2.00 bits per heavy atom. The van der Waals surface area contributed by atoms with Gasteiger partial charge < -0.3 is 4.74 Å². The SMILES string of the molecule is Cc1cc(=O)c(C(=O)OCc2csc(-c3cccs3)n2)nn1-c1ccc(Cl)cc1. The molecule has 0 amide bonds. The highest BCUT2D eigenvalue weighted by molar-refractivity contribution is 7.20. The molecule has 0 unspecified atom stereocenters. The molecule has 0 spiro atoms. The highest BCUT2D eigenvalue weighted by atomic mass is 35.5. The van der Waals surface area contributed by atoms with Gasteiger partial charge in [-0.05, 0) is 42.6 Å². The molecular weight excluding hydrogens is 430 g/mol. The molecule has 0 aliphatic carbocycles. The van der Waals surface area contributed by atoms with Crippen molar-refractivity contribution >= 4 is 40.2 Å². The highest BCUT2D eigenvalue weighted by Crippen LogP contribution is 2.28. The molecule has 6 nitrogen and oxygen atoms in total. The van der Waals surface area contributed by atoms with Crippen molar-refractivity contribution in [3.05, 3.63) is 85.6 Å². The van der Waals surface area contributed by atoms with Gasteiger partial charge in [0.2, 0.25) is 11.1 Å². The van der Waals surface area contributed by atoms with Crippen molar-refractivity contribution in [2.24, 2.45) is 0 Å². The summed E-state index contributed by atoms with van der Waals surface area (Å²) < 4.78 is 6.79. The Balaban J connectivity index is 1.53. The maximum absolute atomic E-state index is 12.5. The third-order valence-electron chi connectivity index (χ3n) is 4.01. The molecule has 0 saturated carbocycles. The second-order valence-corrected chi connectivity index (χ2v) is 8.33. The number of nitrogens with zero attached hydrogens (tertiary/aromatic N) is 3. The molecule has 29 heavy (non-hydrogen) atoms. The number of carbonyl (C=O) groups is 1. The van der Waals surface area contributed by atoms with E-state index >= 15 is 0 Å². The van der Waals surface area contributed by atoms with Crippen LogP contribution in [-0.4, -0.2) is 20.7 Å². The monoisotopic (exact) mass is 443 g/mol. The normalized spacial score (nSPS) is 10.8. The van der Waals surface area contributed by atoms with Crippen molar-refractivity contribution in [2.45, 2.75) is 13.5 Å². The lowest BCUT2D eigenvalue weighted by Crippen LogP contribution is -2.24. The van der Waals surface area contributed by atoms with Crippen LogP contribution in [-0.2, 0) is 11.3 Å². The summed E-state index contributed by atoms with van der Waals surface area (Å²) in [6.07, 6.45) is 0. The first-order valence-corrected chi connectivity index (χ1v) is 10.7. The van der Waals surface area contributed by atoms with E-state index in [2.05, 4.69) is 10.1 Å². The molecule has 3 aromatic heterocycles. The van der Waals surface area contributed by atoms with Gasteiger partial charge in [-0.2, -0.15) is 5.10 Å². The van der Waals surface area contributed by atoms with Crippen LogP contribution in [0.4, 0.5) is 0 Å². The van der Waals surface area contributed by atoms with Gasteiger partial charge in [0.05, 0.1) is 16.3 Å². The van der Waals surface area contributed by atoms with Crippen LogP contribution in [0.15, 0.2) is 58.0 Å². The average Bonchev–Trinajstić information content (AvgIpc) is 3.39. The summed E-state index contributed by atoms with van der Waals surface area (Å²) in [5, 5.41) is 9.45. The van der Waals surface area contributed by atoms with E-state index in [-0.39, 0.29) is 12.3 Å². The second-order valence-electron chi connectivity index (χ2n) is 6.08. The molecule has 0 atom stereocenters. The molecule has 146 valence electrons. The van der Waals surface area contributed by atoms with E-state index < -0.39 is 11.4 Å². The lowest BCUT2D eigenvalue weighted by molar-refractivity contribution is 0.0457. The van der Waals surface area contributed by atoms with Crippen LogP contribution >= 0.6 is 34.3 Å². The predicted molar refractivity (Wildman–Crippen MR) is 114 cm³/mol. The third kappa shape index (κ3) is 4.29. The fourth-order valence-corrected chi connectivity index (χ4v) is 4.37. The van der Waals surface area contributed by atoms with Crippen LogP contribution in [0.2, 0.25) is 5.02 Å². The first kappa shape index (κ1) is 19.5. The molecule has 1 aromatic carbocycles. The average molecular weight is 444 g/mol. The minimum Gasteiger partial charge on any atom is -0.454 e. The minimum absolute atomic E-state index is 0.0311. The summed E-state index contributed by atoms with van der Waals surface area (Å²) in [7, 11) is 0. The minimum atomic E-state index is -0.789. The number of esters is 1. The number of rotatable bonds is 5. The Hall–Kier alpha value is -2.81. The highest BCUT2D eigenvalue weighted by Gasteiger charge is 2.18. The molecule has 3 heterocycles. The first-order valence-electron chi connectivity index (χ1n) is 8.53. The lowest BCUT2D eigenvalue weighted by Gasteiger charge is -2.11. The molecule has 0 N–H and O–H groups in total. The van der Waals surface area contributed by atoms with Crippen molar-refractivity contribution < 1.29 is 9.53 Å². The zero-order valence-electron chi connectivity index (χ0n) is 15.2. The number of aromatic nitrogens is 3. The van der Waals surface area contributed by atoms with Crippen LogP contribution in [0.25, 0.3) is 15.6 Å². The quantitative estimate of drug-likeness (QED) is 0.416. The number of ether oxygens (including phenoxy) is 1. The molecule has 4 rings (SSSR count). The van der Waals surface area contributed by atoms with Crippen LogP contribution in [0.1, 0.15) is 21.9 Å². The molecular formula is C20H14ClN3O3S2. The Kier molecular flexibility index (Phi) is 5.57. The topological polar surface area (TPSA) is 74.1 Å². The summed E-state index contributed by atoms with van der Waals surface area (Å²) in [6.45, 7) is 1.70. The number of halogens is 1. The zero-order chi connectivity index (χ0) is 20.4. The van der Waals surface area contributed by atoms with Crippen LogP contribution in [0.3, 0.4) is 0 Å². The zero-order valence-corrected chi connectivity index (χ0v) is 17.6. The van der Waals surface area contributed by atoms with Gasteiger partial charge in [0.1, 0.15) is 11.6 Å². The summed E-state index contributed by atoms with van der Waals surface area (Å²) in [5.41, 5.74) is 1.13. The van der Waals surface area contributed by atoms with E-state index in [0.29, 0.717) is 22.1 Å². The number of hydrogen-bond donors (Lipinski definition) is 0. The maximum Gasteiger partial charge on any atom is 0.363 e. The van der Waals surface area contributed by atoms with Crippen LogP contribution < -0.4 is 5.43 Å². The van der Waals surface area contributed by atoms with Crippen LogP contribution in [0.5, 0.6) is 0 Å². The van der Waals surface area contributed by atoms with Gasteiger partial charge >= 0.3 is 5.97 Å². The second kappa shape index (κ2) is 8.28. The van der Waals surface area contributed by atoms with Gasteiger partial charge in [-0.3, -0.25) is 4.79 Å². The first-order chi connectivity index (χ1) is 14.0. The standard InChI is InChI=1S/C20H14ClN3O3S2/c1-12-9-16(25)18(23-24(12)15-6-4-13(21)5-7-15)20(26)27-10-14-11-29-19(22-14)17-3-2-8-28-17/h2-9,11H,10H2,1H3. The fourth-order valence-electron chi connectivity index (χ4n) is 2.63. The van der Waals surface area contributed by atoms with E-state index in [0.717, 1.165) is 9.88 Å². The van der Waals surface area contributed by atoms with Crippen molar-refractivity contribution in [3.63, 3.8) is 0 Å². The van der Waals surface area contributed by atoms with Crippen molar-refractivity contribution in [2.75, 3.05) is 0 Å². The van der Waals surface area contributed by atoms with Gasteiger partial charge in [0.15, 0.2) is 0 Å². The molecule has 0 fully saturated rings. The lowest BCUT2D eigenvalue weighted by atomic mass is 10.3. The van der Waals surface area contributed by atoms with E-state index in [1.165, 1.54) is 22.1 Å². The number of benzene rings is 1. The van der Waals surface area contributed by atoms with E-state index in [1.807, 2.05) is 22.9 Å². The third-order valence-corrected chi connectivity index (χ3v) is 6.19. The number of carbonyl (C=O) groups excluding carboxylic acids is 1. The Morgan fingerprint density at radius 1 is 1.21 bits per heavy atom. The van der Waals surface area contributed by atoms with Gasteiger partial charge in [0.25, 0.3) is 0 Å². The largest absolute Gasteiger partial charge is 0.454 e. The fraction of sp³-hybridized carbons (Fsp3) is 0.100. The van der Waals surface area contributed by atoms with Gasteiger partial charge in [-0.1, -0.05) is 17.7 Å². The van der Waals surface area contributed by atoms with Crippen LogP contribution in [0, 0.1) is 6.92 Å². The molecule has 9 heteroatoms. The van der Waals surface area contributed by atoms with Crippen molar-refractivity contribution in [1.82, 2.24) is 14.8 Å². The predicted octanol–water partition coefficient (Wildman–Crippen LogP) is 4.74. The Morgan fingerprint density at radius 3 is 2.72 bits per heavy atom. The Labute approximate surface area is 179 Å². The molecule has 0 radical (unpaired) electrons. The van der Waals surface area contributed by atoms with Gasteiger partial charge in [-0.15, -0.1) is 22.7 Å². The summed E-state index contributed by atoms with van der Waals surface area (Å²) in [6, 6.07) is 12.2. The smallest absolute Gasteiger partial charge is 0.363 e. The maximum atomic E-state index is 12.5. The molecule has 0 saturated heterocycles. The van der Waals surface area contributed by atoms with E-state index in [1.54, 1.807) is 42.5 Å². The molecule has 0 aliphatic rings. The number of aryl methyl sites for hydroxylation is 1. The van der Waals surface area contributed by atoms with E-state index in [9.17, 15) is 9.59 Å². The molecule has 0 bridgehead atoms. The van der Waals surface area contributed by atoms with Crippen molar-refractivity contribution in [1.29, 1.82) is 0 Å². The number of thiophene rings is 1. The Bertz CT molecular complexity index is 1210. The summed E-state index contributed by atoms with van der Waals surface area (Å²) in [5.74, 6) is -0.789. The van der Waals surface area contributed by atoms with Crippen molar-refractivity contribution in [3.8, 4) is 15.6 Å². The number of thiazole rings is 1. The van der Waals surface area contributed by atoms with E-state index in [4.69, 9.17) is 16.3 Å². The summed E-state index contributed by atoms with van der Waals surface area (Å²) >= 11 is 8.99.